The summed E-state index contributed by atoms with van der Waals surface area (Å²) in [6.07, 6.45) is 26.6. The van der Waals surface area contributed by atoms with E-state index in [0.29, 0.717) is 6.10 Å². The maximum atomic E-state index is 5.95. The fourth-order valence-electron chi connectivity index (χ4n) is 4.88. The first kappa shape index (κ1) is 20.7. The number of unbranched alkanes of at least 4 members (excludes halogenated alkanes) is 1. The van der Waals surface area contributed by atoms with Gasteiger partial charge in [-0.25, -0.2) is 0 Å². The molecule has 0 aliphatic heterocycles. The van der Waals surface area contributed by atoms with Gasteiger partial charge < -0.3 is 4.74 Å². The van der Waals surface area contributed by atoms with E-state index in [1.807, 2.05) is 6.08 Å². The summed E-state index contributed by atoms with van der Waals surface area (Å²) in [5.41, 5.74) is 0. The third kappa shape index (κ3) is 8.58. The largest absolute Gasteiger partial charge is 0.378 e. The van der Waals surface area contributed by atoms with Crippen molar-refractivity contribution in [3.8, 4) is 0 Å². The Labute approximate surface area is 157 Å². The first-order valence-corrected chi connectivity index (χ1v) is 11.2. The minimum atomic E-state index is 0.536. The van der Waals surface area contributed by atoms with Crippen LogP contribution in [0.15, 0.2) is 24.8 Å². The molecule has 2 fully saturated rings. The van der Waals surface area contributed by atoms with E-state index < -0.39 is 0 Å². The van der Waals surface area contributed by atoms with Crippen LogP contribution >= 0.6 is 0 Å². The lowest BCUT2D eigenvalue weighted by Gasteiger charge is -2.32. The molecule has 0 unspecified atom stereocenters. The van der Waals surface area contributed by atoms with Crippen molar-refractivity contribution in [3.05, 3.63) is 24.8 Å². The predicted octanol–water partition coefficient (Wildman–Crippen LogP) is 7.47. The molecule has 0 amide bonds. The lowest BCUT2D eigenvalue weighted by Crippen LogP contribution is -2.23. The van der Waals surface area contributed by atoms with Gasteiger partial charge in [0.25, 0.3) is 0 Å². The molecule has 2 rings (SSSR count). The van der Waals surface area contributed by atoms with Crippen molar-refractivity contribution < 1.29 is 4.74 Å². The van der Waals surface area contributed by atoms with E-state index in [4.69, 9.17) is 4.74 Å². The number of ether oxygens (including phenoxy) is 1. The minimum absolute atomic E-state index is 0.536. The zero-order valence-electron chi connectivity index (χ0n) is 16.8. The van der Waals surface area contributed by atoms with Gasteiger partial charge in [0.15, 0.2) is 0 Å². The molecular formula is C24H42O. The summed E-state index contributed by atoms with van der Waals surface area (Å²) in [6.45, 7) is 6.77. The fraction of sp³-hybridized carbons (Fsp3) is 0.833. The van der Waals surface area contributed by atoms with Crippen molar-refractivity contribution >= 4 is 0 Å². The van der Waals surface area contributed by atoms with Gasteiger partial charge in [-0.2, -0.15) is 0 Å². The Hall–Kier alpha value is -0.560. The van der Waals surface area contributed by atoms with Gasteiger partial charge >= 0.3 is 0 Å². The molecule has 1 nitrogen and oxygen atoms in total. The summed E-state index contributed by atoms with van der Waals surface area (Å²) in [6, 6.07) is 0. The predicted molar refractivity (Wildman–Crippen MR) is 110 cm³/mol. The van der Waals surface area contributed by atoms with Crippen molar-refractivity contribution in [1.82, 2.24) is 0 Å². The Morgan fingerprint density at radius 1 is 0.800 bits per heavy atom. The van der Waals surface area contributed by atoms with Gasteiger partial charge in [-0.1, -0.05) is 63.2 Å². The van der Waals surface area contributed by atoms with Gasteiger partial charge in [-0.05, 0) is 69.6 Å². The molecule has 2 aliphatic carbocycles. The van der Waals surface area contributed by atoms with E-state index in [2.05, 4.69) is 25.7 Å². The Kier molecular flexibility index (Phi) is 10.6. The molecule has 0 bridgehead atoms. The average molecular weight is 347 g/mol. The lowest BCUT2D eigenvalue weighted by molar-refractivity contribution is 0.0189. The summed E-state index contributed by atoms with van der Waals surface area (Å²) >= 11 is 0. The molecule has 1 heteroatoms. The third-order valence-corrected chi connectivity index (χ3v) is 6.64. The molecule has 25 heavy (non-hydrogen) atoms. The van der Waals surface area contributed by atoms with Gasteiger partial charge in [0.05, 0.1) is 12.7 Å². The Balaban J connectivity index is 1.50. The molecule has 2 saturated carbocycles. The summed E-state index contributed by atoms with van der Waals surface area (Å²) in [5, 5.41) is 0. The number of hydrogen-bond donors (Lipinski definition) is 0. The Bertz CT molecular complexity index is 356. The lowest BCUT2D eigenvalue weighted by atomic mass is 9.76. The van der Waals surface area contributed by atoms with E-state index in [1.54, 1.807) is 0 Å². The highest BCUT2D eigenvalue weighted by atomic mass is 16.5. The van der Waals surface area contributed by atoms with Gasteiger partial charge in [0.1, 0.15) is 0 Å². The SMILES string of the molecule is C=CCCO[C@H]1CC[C@H](CC[C@H]2CC[C@H](CCC/C=C\C)CC2)CC1. The van der Waals surface area contributed by atoms with Crippen molar-refractivity contribution in [2.75, 3.05) is 6.61 Å². The highest BCUT2D eigenvalue weighted by Gasteiger charge is 2.24. The maximum Gasteiger partial charge on any atom is 0.0575 e. The van der Waals surface area contributed by atoms with Crippen molar-refractivity contribution in [2.24, 2.45) is 17.8 Å². The van der Waals surface area contributed by atoms with Crippen LogP contribution in [0.2, 0.25) is 0 Å². The first-order chi connectivity index (χ1) is 12.3. The van der Waals surface area contributed by atoms with Gasteiger partial charge in [0.2, 0.25) is 0 Å². The second kappa shape index (κ2) is 12.7. The summed E-state index contributed by atoms with van der Waals surface area (Å²) in [5.74, 6) is 3.05. The first-order valence-electron chi connectivity index (χ1n) is 11.2. The summed E-state index contributed by atoms with van der Waals surface area (Å²) in [4.78, 5) is 0. The molecule has 0 spiro atoms. The molecule has 0 atom stereocenters. The van der Waals surface area contributed by atoms with Crippen LogP contribution < -0.4 is 0 Å². The highest BCUT2D eigenvalue weighted by molar-refractivity contribution is 4.79. The van der Waals surface area contributed by atoms with Crippen molar-refractivity contribution in [2.45, 2.75) is 103 Å². The summed E-state index contributed by atoms with van der Waals surface area (Å²) < 4.78 is 5.95. The fourth-order valence-corrected chi connectivity index (χ4v) is 4.88. The van der Waals surface area contributed by atoms with E-state index >= 15 is 0 Å². The molecule has 144 valence electrons. The van der Waals surface area contributed by atoms with Crippen LogP contribution in [-0.4, -0.2) is 12.7 Å². The molecule has 0 aromatic heterocycles. The maximum absolute atomic E-state index is 5.95. The third-order valence-electron chi connectivity index (χ3n) is 6.64. The smallest absolute Gasteiger partial charge is 0.0575 e. The zero-order valence-corrected chi connectivity index (χ0v) is 16.8. The number of hydrogen-bond acceptors (Lipinski definition) is 1. The van der Waals surface area contributed by atoms with Crippen LogP contribution in [0, 0.1) is 17.8 Å². The van der Waals surface area contributed by atoms with Gasteiger partial charge in [-0.3, -0.25) is 0 Å². The minimum Gasteiger partial charge on any atom is -0.378 e. The average Bonchev–Trinajstić information content (AvgIpc) is 2.66. The monoisotopic (exact) mass is 346 g/mol. The van der Waals surface area contributed by atoms with Crippen LogP contribution in [-0.2, 0) is 4.74 Å². The molecule has 0 aromatic rings. The van der Waals surface area contributed by atoms with Crippen LogP contribution in [0.3, 0.4) is 0 Å². The van der Waals surface area contributed by atoms with E-state index in [-0.39, 0.29) is 0 Å². The highest BCUT2D eigenvalue weighted by Crippen LogP contribution is 2.37. The van der Waals surface area contributed by atoms with Crippen LogP contribution in [0.4, 0.5) is 0 Å². The van der Waals surface area contributed by atoms with E-state index in [1.165, 1.54) is 83.5 Å². The van der Waals surface area contributed by atoms with Gasteiger partial charge in [0, 0.05) is 0 Å². The number of rotatable bonds is 11. The molecule has 2 aliphatic rings. The van der Waals surface area contributed by atoms with Crippen molar-refractivity contribution in [1.29, 1.82) is 0 Å². The molecule has 0 heterocycles. The summed E-state index contributed by atoms with van der Waals surface area (Å²) in [7, 11) is 0. The number of allylic oxidation sites excluding steroid dienone is 2. The molecule has 0 aromatic carbocycles. The van der Waals surface area contributed by atoms with Crippen molar-refractivity contribution in [3.63, 3.8) is 0 Å². The second-order valence-electron chi connectivity index (χ2n) is 8.55. The quantitative estimate of drug-likeness (QED) is 0.278. The Morgan fingerprint density at radius 3 is 1.92 bits per heavy atom. The Morgan fingerprint density at radius 2 is 1.36 bits per heavy atom. The van der Waals surface area contributed by atoms with Crippen LogP contribution in [0.5, 0.6) is 0 Å². The van der Waals surface area contributed by atoms with E-state index in [0.717, 1.165) is 30.8 Å². The topological polar surface area (TPSA) is 9.23 Å². The molecule has 0 saturated heterocycles. The second-order valence-corrected chi connectivity index (χ2v) is 8.55. The molecular weight excluding hydrogens is 304 g/mol. The van der Waals surface area contributed by atoms with Crippen LogP contribution in [0.25, 0.3) is 0 Å². The normalized spacial score (nSPS) is 30.6. The molecule has 0 N–H and O–H groups in total. The standard InChI is InChI=1S/C24H42O/c1-3-5-7-8-9-21-10-12-22(13-11-21)14-15-23-16-18-24(19-17-23)25-20-6-4-2/h3-5,21-24H,2,6-20H2,1H3/b5-3-/t21-,22-,23-,24-. The zero-order chi connectivity index (χ0) is 17.7. The molecule has 0 radical (unpaired) electrons. The van der Waals surface area contributed by atoms with Gasteiger partial charge in [-0.15, -0.1) is 6.58 Å². The van der Waals surface area contributed by atoms with E-state index in [9.17, 15) is 0 Å². The van der Waals surface area contributed by atoms with Crippen LogP contribution in [0.1, 0.15) is 96.8 Å².